The van der Waals surface area contributed by atoms with Crippen LogP contribution in [0.15, 0.2) is 28.5 Å². The summed E-state index contributed by atoms with van der Waals surface area (Å²) in [5.74, 6) is 0.783. The van der Waals surface area contributed by atoms with Gasteiger partial charge in [-0.2, -0.15) is 0 Å². The highest BCUT2D eigenvalue weighted by Crippen LogP contribution is 2.30. The maximum absolute atomic E-state index is 5.20. The largest absolute Gasteiger partial charge is 0.497 e. The number of nitrogens with one attached hydrogen (secondary N) is 1. The Labute approximate surface area is 106 Å². The van der Waals surface area contributed by atoms with Crippen LogP contribution in [0.3, 0.4) is 0 Å². The van der Waals surface area contributed by atoms with Crippen LogP contribution < -0.4 is 15.9 Å². The van der Waals surface area contributed by atoms with Crippen molar-refractivity contribution in [2.24, 2.45) is 16.1 Å². The van der Waals surface area contributed by atoms with Crippen LogP contribution in [0.2, 0.25) is 0 Å². The van der Waals surface area contributed by atoms with Gasteiger partial charge in [-0.05, 0) is 30.4 Å². The smallest absolute Gasteiger partial charge is 0.232 e. The van der Waals surface area contributed by atoms with Gasteiger partial charge in [0.15, 0.2) is 5.11 Å². The van der Waals surface area contributed by atoms with Crippen LogP contribution in [-0.2, 0) is 0 Å². The second-order valence-corrected chi connectivity index (χ2v) is 4.46. The van der Waals surface area contributed by atoms with Gasteiger partial charge in [0, 0.05) is 0 Å². The molecule has 0 atom stereocenters. The van der Waals surface area contributed by atoms with Crippen molar-refractivity contribution in [1.29, 1.82) is 0 Å². The third-order valence-electron chi connectivity index (χ3n) is 1.88. The number of thiocarbonyl (C=S) groups is 1. The van der Waals surface area contributed by atoms with Gasteiger partial charge in [-0.3, -0.25) is 0 Å². The number of fused-ring (bicyclic) bond motifs is 1. The number of rotatable bonds is 3. The Balaban J connectivity index is 2.25. The third-order valence-corrected chi connectivity index (χ3v) is 2.87. The number of aromatic nitrogens is 1. The number of nitrogens with zero attached hydrogens (tertiary/aromatic N) is 3. The van der Waals surface area contributed by atoms with Gasteiger partial charge in [0.05, 0.1) is 17.3 Å². The molecule has 1 aromatic carbocycles. The van der Waals surface area contributed by atoms with Gasteiger partial charge in [-0.15, -0.1) is 5.11 Å². The Morgan fingerprint density at radius 3 is 3.12 bits per heavy atom. The van der Waals surface area contributed by atoms with Gasteiger partial charge in [0.1, 0.15) is 5.75 Å². The van der Waals surface area contributed by atoms with Crippen LogP contribution in [0, 0.1) is 0 Å². The summed E-state index contributed by atoms with van der Waals surface area (Å²) in [5, 5.41) is 8.05. The lowest BCUT2D eigenvalue weighted by Gasteiger charge is -1.96. The van der Waals surface area contributed by atoms with Crippen molar-refractivity contribution in [1.82, 2.24) is 10.4 Å². The van der Waals surface area contributed by atoms with Crippen molar-refractivity contribution in [3.63, 3.8) is 0 Å². The first-order valence-corrected chi connectivity index (χ1v) is 5.82. The molecule has 88 valence electrons. The zero-order valence-corrected chi connectivity index (χ0v) is 10.5. The number of thiazole rings is 1. The number of methoxy groups -OCH3 is 1. The molecule has 1 aromatic heterocycles. The summed E-state index contributed by atoms with van der Waals surface area (Å²) in [5.41, 5.74) is 8.42. The Morgan fingerprint density at radius 1 is 1.59 bits per heavy atom. The molecule has 0 radical (unpaired) electrons. The van der Waals surface area contributed by atoms with Crippen LogP contribution in [0.1, 0.15) is 0 Å². The third kappa shape index (κ3) is 2.86. The maximum Gasteiger partial charge on any atom is 0.232 e. The number of benzene rings is 1. The number of ether oxygens (including phenoxy) is 1. The summed E-state index contributed by atoms with van der Waals surface area (Å²) in [4.78, 5) is 4.26. The van der Waals surface area contributed by atoms with Gasteiger partial charge >= 0.3 is 0 Å². The van der Waals surface area contributed by atoms with Gasteiger partial charge < -0.3 is 10.5 Å². The summed E-state index contributed by atoms with van der Waals surface area (Å²) in [6, 6.07) is 5.61. The average Bonchev–Trinajstić information content (AvgIpc) is 2.69. The SMILES string of the molecule is COc1ccc2nc(N=NNC(N)=S)sc2c1. The summed E-state index contributed by atoms with van der Waals surface area (Å²) in [7, 11) is 1.62. The standard InChI is InChI=1S/C9H9N5OS2/c1-15-5-2-3-6-7(4-5)17-9(11-6)13-14-12-8(10)16/h2-4H,1H3,(H3,10,11,12,13,16). The van der Waals surface area contributed by atoms with Gasteiger partial charge in [0.25, 0.3) is 0 Å². The molecule has 17 heavy (non-hydrogen) atoms. The molecule has 8 heteroatoms. The molecular formula is C9H9N5OS2. The summed E-state index contributed by atoms with van der Waals surface area (Å²) >= 11 is 5.99. The molecule has 0 spiro atoms. The highest BCUT2D eigenvalue weighted by atomic mass is 32.1. The van der Waals surface area contributed by atoms with Crippen molar-refractivity contribution in [3.05, 3.63) is 18.2 Å². The minimum atomic E-state index is 0.0662. The summed E-state index contributed by atoms with van der Waals surface area (Å²) in [6.45, 7) is 0. The van der Waals surface area contributed by atoms with Crippen molar-refractivity contribution in [2.75, 3.05) is 7.11 Å². The fourth-order valence-corrected chi connectivity index (χ4v) is 2.04. The van der Waals surface area contributed by atoms with Crippen molar-refractivity contribution < 1.29 is 4.74 Å². The van der Waals surface area contributed by atoms with Gasteiger partial charge in [0.2, 0.25) is 5.13 Å². The van der Waals surface area contributed by atoms with E-state index in [1.54, 1.807) is 7.11 Å². The zero-order valence-electron chi connectivity index (χ0n) is 8.88. The van der Waals surface area contributed by atoms with E-state index in [1.165, 1.54) is 11.3 Å². The summed E-state index contributed by atoms with van der Waals surface area (Å²) < 4.78 is 6.10. The van der Waals surface area contributed by atoms with Crippen LogP contribution in [-0.4, -0.2) is 17.2 Å². The predicted molar refractivity (Wildman–Crippen MR) is 70.6 cm³/mol. The maximum atomic E-state index is 5.20. The minimum Gasteiger partial charge on any atom is -0.497 e. The fraction of sp³-hybridized carbons (Fsp3) is 0.111. The normalized spacial score (nSPS) is 10.9. The Morgan fingerprint density at radius 2 is 2.41 bits per heavy atom. The fourth-order valence-electron chi connectivity index (χ4n) is 1.18. The molecule has 0 unspecified atom stereocenters. The number of hydrogen-bond acceptors (Lipinski definition) is 6. The Bertz CT molecular complexity index is 580. The van der Waals surface area contributed by atoms with Crippen LogP contribution in [0.25, 0.3) is 10.2 Å². The predicted octanol–water partition coefficient (Wildman–Crippen LogP) is 2.14. The van der Waals surface area contributed by atoms with Crippen molar-refractivity contribution in [3.8, 4) is 5.75 Å². The second-order valence-electron chi connectivity index (χ2n) is 3.01. The summed E-state index contributed by atoms with van der Waals surface area (Å²) in [6.07, 6.45) is 0. The molecule has 2 aromatic rings. The molecule has 0 aliphatic carbocycles. The lowest BCUT2D eigenvalue weighted by molar-refractivity contribution is 0.415. The monoisotopic (exact) mass is 267 g/mol. The van der Waals surface area contributed by atoms with E-state index in [9.17, 15) is 0 Å². The molecule has 6 nitrogen and oxygen atoms in total. The first-order valence-electron chi connectivity index (χ1n) is 4.60. The van der Waals surface area contributed by atoms with Crippen LogP contribution in [0.4, 0.5) is 5.13 Å². The van der Waals surface area contributed by atoms with E-state index < -0.39 is 0 Å². The molecule has 0 saturated heterocycles. The molecule has 1 heterocycles. The molecule has 0 bridgehead atoms. The van der Waals surface area contributed by atoms with E-state index >= 15 is 0 Å². The van der Waals surface area contributed by atoms with Gasteiger partial charge in [-0.1, -0.05) is 16.6 Å². The van der Waals surface area contributed by atoms with Crippen molar-refractivity contribution in [2.45, 2.75) is 0 Å². The van der Waals surface area contributed by atoms with Gasteiger partial charge in [-0.25, -0.2) is 10.4 Å². The quantitative estimate of drug-likeness (QED) is 0.505. The van der Waals surface area contributed by atoms with Crippen LogP contribution >= 0.6 is 23.6 Å². The van der Waals surface area contributed by atoms with E-state index in [2.05, 4.69) is 33.0 Å². The lowest BCUT2D eigenvalue weighted by atomic mass is 10.3. The first-order chi connectivity index (χ1) is 8.19. The Kier molecular flexibility index (Phi) is 3.45. The van der Waals surface area contributed by atoms with Crippen LogP contribution in [0.5, 0.6) is 5.75 Å². The van der Waals surface area contributed by atoms with E-state index in [0.29, 0.717) is 5.13 Å². The molecule has 0 fully saturated rings. The van der Waals surface area contributed by atoms with E-state index in [1.807, 2.05) is 18.2 Å². The second kappa shape index (κ2) is 5.02. The average molecular weight is 267 g/mol. The molecule has 3 N–H and O–H groups in total. The van der Waals surface area contributed by atoms with E-state index in [4.69, 9.17) is 10.5 Å². The molecule has 0 amide bonds. The first kappa shape index (κ1) is 11.7. The molecule has 0 aliphatic heterocycles. The number of nitrogens with two attached hydrogens (primary N) is 1. The highest BCUT2D eigenvalue weighted by molar-refractivity contribution is 7.80. The topological polar surface area (TPSA) is 84.9 Å². The van der Waals surface area contributed by atoms with E-state index in [-0.39, 0.29) is 5.11 Å². The number of hydrogen-bond donors (Lipinski definition) is 2. The molecule has 0 aliphatic rings. The minimum absolute atomic E-state index is 0.0662. The molecule has 0 saturated carbocycles. The zero-order chi connectivity index (χ0) is 12.3. The Hall–Kier alpha value is -1.80. The van der Waals surface area contributed by atoms with E-state index in [0.717, 1.165) is 16.0 Å². The highest BCUT2D eigenvalue weighted by Gasteiger charge is 2.03. The molecular weight excluding hydrogens is 258 g/mol. The van der Waals surface area contributed by atoms with Crippen molar-refractivity contribution >= 4 is 44.0 Å². The molecule has 2 rings (SSSR count). The lowest BCUT2D eigenvalue weighted by Crippen LogP contribution is -2.23.